The van der Waals surface area contributed by atoms with Crippen molar-refractivity contribution in [2.45, 2.75) is 39.5 Å². The molecule has 5 heteroatoms. The second kappa shape index (κ2) is 9.00. The molecule has 0 saturated carbocycles. The normalized spacial score (nSPS) is 10.2. The van der Waals surface area contributed by atoms with Crippen LogP contribution in [-0.2, 0) is 9.47 Å². The lowest BCUT2D eigenvalue weighted by molar-refractivity contribution is 0.0449. The molecular weight excluding hydrogens is 272 g/mol. The fraction of sp³-hybridized carbons (Fsp3) is 0.500. The van der Waals surface area contributed by atoms with Crippen LogP contribution in [0.25, 0.3) is 0 Å². The first-order valence-electron chi connectivity index (χ1n) is 7.28. The lowest BCUT2D eigenvalue weighted by atomic mass is 10.1. The zero-order valence-electron chi connectivity index (χ0n) is 12.6. The Bertz CT molecular complexity index is 482. The Hall–Kier alpha value is -2.04. The number of hydrogen-bond acceptors (Lipinski definition) is 5. The number of unbranched alkanes of at least 4 members (excludes halogenated alkanes) is 2. The van der Waals surface area contributed by atoms with E-state index in [1.807, 2.05) is 13.8 Å². The van der Waals surface area contributed by atoms with Crippen LogP contribution in [0.5, 0.6) is 5.75 Å². The van der Waals surface area contributed by atoms with Gasteiger partial charge in [-0.3, -0.25) is 0 Å². The van der Waals surface area contributed by atoms with Gasteiger partial charge >= 0.3 is 11.9 Å². The average Bonchev–Trinajstić information content (AvgIpc) is 2.47. The van der Waals surface area contributed by atoms with E-state index in [2.05, 4.69) is 0 Å². The molecule has 0 fully saturated rings. The number of rotatable bonds is 8. The Morgan fingerprint density at radius 1 is 1.00 bits per heavy atom. The van der Waals surface area contributed by atoms with Crippen molar-refractivity contribution in [2.24, 2.45) is 0 Å². The Morgan fingerprint density at radius 3 is 2.14 bits per heavy atom. The SMILES string of the molecule is CCCCOC(=O)c1cccc(O)c1C(=O)OCCCC. The van der Waals surface area contributed by atoms with Crippen molar-refractivity contribution in [2.75, 3.05) is 13.2 Å². The molecule has 0 unspecified atom stereocenters. The van der Waals surface area contributed by atoms with Crippen molar-refractivity contribution < 1.29 is 24.2 Å². The third-order valence-corrected chi connectivity index (χ3v) is 2.93. The molecule has 21 heavy (non-hydrogen) atoms. The van der Waals surface area contributed by atoms with E-state index in [1.54, 1.807) is 0 Å². The summed E-state index contributed by atoms with van der Waals surface area (Å²) in [5.74, 6) is -1.60. The van der Waals surface area contributed by atoms with Crippen molar-refractivity contribution in [3.63, 3.8) is 0 Å². The van der Waals surface area contributed by atoms with E-state index in [1.165, 1.54) is 18.2 Å². The number of hydrogen-bond donors (Lipinski definition) is 1. The molecule has 0 bridgehead atoms. The highest BCUT2D eigenvalue weighted by Gasteiger charge is 2.23. The Kier molecular flexibility index (Phi) is 7.29. The van der Waals surface area contributed by atoms with Gasteiger partial charge < -0.3 is 14.6 Å². The number of phenols is 1. The maximum absolute atomic E-state index is 12.0. The standard InChI is InChI=1S/C16H22O5/c1-3-5-10-20-15(18)12-8-7-9-13(17)14(12)16(19)21-11-6-4-2/h7-9,17H,3-6,10-11H2,1-2H3. The summed E-state index contributed by atoms with van der Waals surface area (Å²) in [4.78, 5) is 24.0. The third-order valence-electron chi connectivity index (χ3n) is 2.93. The van der Waals surface area contributed by atoms with Crippen LogP contribution in [0.2, 0.25) is 0 Å². The largest absolute Gasteiger partial charge is 0.507 e. The summed E-state index contributed by atoms with van der Waals surface area (Å²) in [7, 11) is 0. The minimum absolute atomic E-state index is 0.0348. The number of phenolic OH excluding ortho intramolecular Hbond substituents is 1. The monoisotopic (exact) mass is 294 g/mol. The first-order chi connectivity index (χ1) is 10.1. The van der Waals surface area contributed by atoms with Gasteiger partial charge in [-0.05, 0) is 25.0 Å². The van der Waals surface area contributed by atoms with Crippen LogP contribution >= 0.6 is 0 Å². The van der Waals surface area contributed by atoms with Crippen LogP contribution in [0.3, 0.4) is 0 Å². The lowest BCUT2D eigenvalue weighted by Crippen LogP contribution is -2.15. The number of ether oxygens (including phenoxy) is 2. The van der Waals surface area contributed by atoms with Gasteiger partial charge in [-0.1, -0.05) is 32.8 Å². The quantitative estimate of drug-likeness (QED) is 0.588. The summed E-state index contributed by atoms with van der Waals surface area (Å²) < 4.78 is 10.1. The first kappa shape index (κ1) is 17.0. The highest BCUT2D eigenvalue weighted by Crippen LogP contribution is 2.23. The molecule has 0 heterocycles. The number of benzene rings is 1. The van der Waals surface area contributed by atoms with Crippen molar-refractivity contribution >= 4 is 11.9 Å². The maximum Gasteiger partial charge on any atom is 0.342 e. The van der Waals surface area contributed by atoms with Crippen molar-refractivity contribution in [1.82, 2.24) is 0 Å². The molecule has 0 atom stereocenters. The highest BCUT2D eigenvalue weighted by molar-refractivity contribution is 6.05. The summed E-state index contributed by atoms with van der Waals surface area (Å²) in [6.45, 7) is 4.51. The van der Waals surface area contributed by atoms with Gasteiger partial charge in [0, 0.05) is 0 Å². The van der Waals surface area contributed by atoms with Gasteiger partial charge in [0.15, 0.2) is 0 Å². The summed E-state index contributed by atoms with van der Waals surface area (Å²) in [6, 6.07) is 4.29. The van der Waals surface area contributed by atoms with Crippen LogP contribution in [0.15, 0.2) is 18.2 Å². The predicted octanol–water partition coefficient (Wildman–Crippen LogP) is 3.31. The molecule has 0 spiro atoms. The molecule has 0 aliphatic rings. The third kappa shape index (κ3) is 5.10. The van der Waals surface area contributed by atoms with Crippen LogP contribution in [0, 0.1) is 0 Å². The molecule has 1 N–H and O–H groups in total. The molecule has 0 amide bonds. The van der Waals surface area contributed by atoms with E-state index < -0.39 is 11.9 Å². The van der Waals surface area contributed by atoms with Crippen molar-refractivity contribution in [3.8, 4) is 5.75 Å². The van der Waals surface area contributed by atoms with E-state index in [0.29, 0.717) is 0 Å². The van der Waals surface area contributed by atoms with Crippen LogP contribution in [0.1, 0.15) is 60.2 Å². The lowest BCUT2D eigenvalue weighted by Gasteiger charge is -2.11. The van der Waals surface area contributed by atoms with Crippen LogP contribution in [-0.4, -0.2) is 30.3 Å². The molecule has 1 aromatic rings. The fourth-order valence-electron chi connectivity index (χ4n) is 1.69. The molecule has 0 aliphatic carbocycles. The van der Waals surface area contributed by atoms with Crippen LogP contribution in [0.4, 0.5) is 0 Å². The van der Waals surface area contributed by atoms with Gasteiger partial charge in [0.1, 0.15) is 11.3 Å². The maximum atomic E-state index is 12.0. The second-order valence-corrected chi connectivity index (χ2v) is 4.68. The zero-order chi connectivity index (χ0) is 15.7. The van der Waals surface area contributed by atoms with Gasteiger partial charge in [0.25, 0.3) is 0 Å². The van der Waals surface area contributed by atoms with Gasteiger partial charge in [-0.2, -0.15) is 0 Å². The smallest absolute Gasteiger partial charge is 0.342 e. The topological polar surface area (TPSA) is 72.8 Å². The summed E-state index contributed by atoms with van der Waals surface area (Å²) in [6.07, 6.45) is 3.27. The van der Waals surface area contributed by atoms with Crippen molar-refractivity contribution in [1.29, 1.82) is 0 Å². The number of carbonyl (C=O) groups is 2. The highest BCUT2D eigenvalue weighted by atomic mass is 16.5. The zero-order valence-corrected chi connectivity index (χ0v) is 12.6. The molecule has 0 saturated heterocycles. The Balaban J connectivity index is 2.86. The second-order valence-electron chi connectivity index (χ2n) is 4.68. The van der Waals surface area contributed by atoms with Gasteiger partial charge in [-0.15, -0.1) is 0 Å². The van der Waals surface area contributed by atoms with Crippen molar-refractivity contribution in [3.05, 3.63) is 29.3 Å². The van der Waals surface area contributed by atoms with Gasteiger partial charge in [0.2, 0.25) is 0 Å². The summed E-state index contributed by atoms with van der Waals surface area (Å²) in [5, 5.41) is 9.83. The van der Waals surface area contributed by atoms with Gasteiger partial charge in [-0.25, -0.2) is 9.59 Å². The summed E-state index contributed by atoms with van der Waals surface area (Å²) in [5.41, 5.74) is -0.0947. The molecule has 1 rings (SSSR count). The van der Waals surface area contributed by atoms with E-state index in [4.69, 9.17) is 9.47 Å². The Labute approximate surface area is 124 Å². The minimum atomic E-state index is -0.705. The predicted molar refractivity (Wildman–Crippen MR) is 78.5 cm³/mol. The average molecular weight is 294 g/mol. The van der Waals surface area contributed by atoms with Crippen LogP contribution < -0.4 is 0 Å². The molecule has 0 aliphatic heterocycles. The first-order valence-corrected chi connectivity index (χ1v) is 7.28. The number of aromatic hydroxyl groups is 1. The van der Waals surface area contributed by atoms with E-state index in [-0.39, 0.29) is 30.1 Å². The molecule has 1 aromatic carbocycles. The van der Waals surface area contributed by atoms with E-state index in [9.17, 15) is 14.7 Å². The van der Waals surface area contributed by atoms with E-state index >= 15 is 0 Å². The number of carbonyl (C=O) groups excluding carboxylic acids is 2. The molecule has 0 radical (unpaired) electrons. The van der Waals surface area contributed by atoms with E-state index in [0.717, 1.165) is 25.7 Å². The summed E-state index contributed by atoms with van der Waals surface area (Å²) >= 11 is 0. The molecular formula is C16H22O5. The van der Waals surface area contributed by atoms with Gasteiger partial charge in [0.05, 0.1) is 18.8 Å². The molecule has 5 nitrogen and oxygen atoms in total. The molecule has 0 aromatic heterocycles. The molecule has 116 valence electrons. The Morgan fingerprint density at radius 2 is 1.57 bits per heavy atom. The number of esters is 2. The fourth-order valence-corrected chi connectivity index (χ4v) is 1.69. The minimum Gasteiger partial charge on any atom is -0.507 e.